The maximum absolute atomic E-state index is 11.2. The Morgan fingerprint density at radius 1 is 1.47 bits per heavy atom. The zero-order valence-corrected chi connectivity index (χ0v) is 10.2. The van der Waals surface area contributed by atoms with Crippen LogP contribution in [0.15, 0.2) is 29.1 Å². The Hall–Kier alpha value is -1.77. The monoisotopic (exact) mass is 231 g/mol. The molecule has 1 heterocycles. The maximum atomic E-state index is 11.2. The molecule has 1 aliphatic heterocycles. The van der Waals surface area contributed by atoms with Crippen molar-refractivity contribution in [3.05, 3.63) is 30.2 Å². The zero-order chi connectivity index (χ0) is 12.3. The molecule has 0 spiro atoms. The summed E-state index contributed by atoms with van der Waals surface area (Å²) < 4.78 is 5.16. The van der Waals surface area contributed by atoms with Crippen molar-refractivity contribution in [3.8, 4) is 11.1 Å². The summed E-state index contributed by atoms with van der Waals surface area (Å²) >= 11 is 0. The number of unbranched alkanes of at least 4 members (excludes halogenated alkanes) is 1. The van der Waals surface area contributed by atoms with E-state index in [1.165, 1.54) is 12.5 Å². The second-order valence-corrected chi connectivity index (χ2v) is 4.26. The fourth-order valence-corrected chi connectivity index (χ4v) is 2.04. The molecule has 2 rings (SSSR count). The van der Waals surface area contributed by atoms with Gasteiger partial charge in [0.2, 0.25) is 5.91 Å². The lowest BCUT2D eigenvalue weighted by atomic mass is 10.1. The quantitative estimate of drug-likeness (QED) is 0.872. The molecular formula is C14H17NO2. The molecule has 0 atom stereocenters. The Labute approximate surface area is 101 Å². The third-order valence-corrected chi connectivity index (χ3v) is 2.84. The van der Waals surface area contributed by atoms with Gasteiger partial charge in [-0.05, 0) is 30.5 Å². The van der Waals surface area contributed by atoms with Gasteiger partial charge in [0.1, 0.15) is 0 Å². The molecule has 3 nitrogen and oxygen atoms in total. The first kappa shape index (κ1) is 11.7. The number of carbonyl (C=O) groups is 1. The van der Waals surface area contributed by atoms with Crippen LogP contribution in [0.2, 0.25) is 0 Å². The van der Waals surface area contributed by atoms with E-state index in [-0.39, 0.29) is 5.91 Å². The van der Waals surface area contributed by atoms with Crippen molar-refractivity contribution in [1.82, 2.24) is 0 Å². The van der Waals surface area contributed by atoms with Crippen LogP contribution in [0.3, 0.4) is 0 Å². The van der Waals surface area contributed by atoms with E-state index in [9.17, 15) is 4.79 Å². The summed E-state index contributed by atoms with van der Waals surface area (Å²) in [4.78, 5) is 11.2. The Kier molecular flexibility index (Phi) is 3.47. The molecule has 0 aromatic rings. The normalized spacial score (nSPS) is 10.7. The SMILES string of the molecule is CCCCc1cc2coccc-2c1NC(C)=O. The van der Waals surface area contributed by atoms with Crippen LogP contribution in [0.25, 0.3) is 11.1 Å². The van der Waals surface area contributed by atoms with Crippen molar-refractivity contribution in [2.45, 2.75) is 33.1 Å². The van der Waals surface area contributed by atoms with Crippen molar-refractivity contribution in [2.24, 2.45) is 0 Å². The van der Waals surface area contributed by atoms with Gasteiger partial charge in [-0.2, -0.15) is 0 Å². The van der Waals surface area contributed by atoms with Crippen LogP contribution in [-0.2, 0) is 11.2 Å². The lowest BCUT2D eigenvalue weighted by molar-refractivity contribution is -0.114. The highest BCUT2D eigenvalue weighted by atomic mass is 16.3. The molecule has 0 bridgehead atoms. The number of fused-ring (bicyclic) bond motifs is 1. The highest BCUT2D eigenvalue weighted by Crippen LogP contribution is 2.37. The molecule has 0 aromatic heterocycles. The van der Waals surface area contributed by atoms with Crippen LogP contribution in [-0.4, -0.2) is 5.91 Å². The number of hydrogen-bond donors (Lipinski definition) is 1. The molecule has 0 radical (unpaired) electrons. The molecule has 0 saturated heterocycles. The summed E-state index contributed by atoms with van der Waals surface area (Å²) in [7, 11) is 0. The average Bonchev–Trinajstić information content (AvgIpc) is 2.64. The van der Waals surface area contributed by atoms with Gasteiger partial charge in [-0.15, -0.1) is 0 Å². The summed E-state index contributed by atoms with van der Waals surface area (Å²) in [6, 6.07) is 4.00. The number of hydrogen-bond acceptors (Lipinski definition) is 2. The Bertz CT molecular complexity index is 487. The molecule has 0 aromatic carbocycles. The van der Waals surface area contributed by atoms with Crippen LogP contribution in [0.1, 0.15) is 32.3 Å². The Morgan fingerprint density at radius 3 is 3.00 bits per heavy atom. The van der Waals surface area contributed by atoms with Gasteiger partial charge >= 0.3 is 0 Å². The van der Waals surface area contributed by atoms with E-state index in [0.29, 0.717) is 0 Å². The first-order valence-corrected chi connectivity index (χ1v) is 5.97. The van der Waals surface area contributed by atoms with Crippen LogP contribution >= 0.6 is 0 Å². The number of rotatable bonds is 4. The van der Waals surface area contributed by atoms with Gasteiger partial charge in [-0.25, -0.2) is 0 Å². The van der Waals surface area contributed by atoms with Gasteiger partial charge in [0.25, 0.3) is 0 Å². The van der Waals surface area contributed by atoms with E-state index in [1.807, 2.05) is 6.07 Å². The Morgan fingerprint density at radius 2 is 2.29 bits per heavy atom. The Balaban J connectivity index is 2.40. The smallest absolute Gasteiger partial charge is 0.221 e. The predicted molar refractivity (Wildman–Crippen MR) is 68.2 cm³/mol. The summed E-state index contributed by atoms with van der Waals surface area (Å²) in [5.41, 5.74) is 4.23. The van der Waals surface area contributed by atoms with Crippen LogP contribution in [0, 0.1) is 0 Å². The summed E-state index contributed by atoms with van der Waals surface area (Å²) in [6.45, 7) is 3.70. The topological polar surface area (TPSA) is 42.2 Å². The first-order valence-electron chi connectivity index (χ1n) is 5.97. The lowest BCUT2D eigenvalue weighted by Gasteiger charge is -2.06. The summed E-state index contributed by atoms with van der Waals surface area (Å²) in [5, 5.41) is 2.92. The van der Waals surface area contributed by atoms with Crippen molar-refractivity contribution >= 4 is 11.6 Å². The average molecular weight is 231 g/mol. The van der Waals surface area contributed by atoms with E-state index in [4.69, 9.17) is 4.42 Å². The molecule has 3 heteroatoms. The fourth-order valence-electron chi connectivity index (χ4n) is 2.04. The minimum atomic E-state index is -0.0314. The highest BCUT2D eigenvalue weighted by Gasteiger charge is 2.16. The largest absolute Gasteiger partial charge is 0.472 e. The van der Waals surface area contributed by atoms with Crippen LogP contribution in [0.5, 0.6) is 0 Å². The van der Waals surface area contributed by atoms with E-state index >= 15 is 0 Å². The molecule has 2 aliphatic rings. The van der Waals surface area contributed by atoms with Crippen molar-refractivity contribution in [1.29, 1.82) is 0 Å². The van der Waals surface area contributed by atoms with E-state index < -0.39 is 0 Å². The molecule has 0 fully saturated rings. The molecule has 1 amide bonds. The first-order chi connectivity index (χ1) is 8.22. The van der Waals surface area contributed by atoms with Gasteiger partial charge in [0.05, 0.1) is 18.2 Å². The van der Waals surface area contributed by atoms with Crippen LogP contribution < -0.4 is 5.32 Å². The van der Waals surface area contributed by atoms with Gasteiger partial charge < -0.3 is 9.73 Å². The van der Waals surface area contributed by atoms with Gasteiger partial charge in [0.15, 0.2) is 0 Å². The molecule has 1 N–H and O–H groups in total. The van der Waals surface area contributed by atoms with Crippen molar-refractivity contribution in [2.75, 3.05) is 5.32 Å². The van der Waals surface area contributed by atoms with Gasteiger partial charge in [-0.3, -0.25) is 4.79 Å². The number of amides is 1. The molecule has 0 unspecified atom stereocenters. The standard InChI is InChI=1S/C14H17NO2/c1-3-4-5-11-8-12-9-17-7-6-13(12)14(11)15-10(2)16/h6-9H,3-5H2,1-2H3,(H,15,16). The number of aryl methyl sites for hydroxylation is 1. The number of carbonyl (C=O) groups excluding carboxylic acids is 1. The number of nitrogens with one attached hydrogen (secondary N) is 1. The van der Waals surface area contributed by atoms with Gasteiger partial charge in [0, 0.05) is 18.1 Å². The van der Waals surface area contributed by atoms with Crippen molar-refractivity contribution < 1.29 is 9.21 Å². The molecule has 17 heavy (non-hydrogen) atoms. The molecule has 1 aliphatic carbocycles. The molecule has 0 saturated carbocycles. The van der Waals surface area contributed by atoms with Gasteiger partial charge in [-0.1, -0.05) is 13.3 Å². The summed E-state index contributed by atoms with van der Waals surface area (Å²) in [6.07, 6.45) is 6.61. The lowest BCUT2D eigenvalue weighted by Crippen LogP contribution is -2.07. The van der Waals surface area contributed by atoms with E-state index in [1.54, 1.807) is 12.5 Å². The van der Waals surface area contributed by atoms with E-state index in [0.717, 1.165) is 36.1 Å². The maximum Gasteiger partial charge on any atom is 0.221 e. The number of anilines is 1. The predicted octanol–water partition coefficient (Wildman–Crippen LogP) is 3.69. The van der Waals surface area contributed by atoms with Crippen LogP contribution in [0.4, 0.5) is 5.69 Å². The highest BCUT2D eigenvalue weighted by molar-refractivity contribution is 5.97. The zero-order valence-electron chi connectivity index (χ0n) is 10.2. The minimum absolute atomic E-state index is 0.0314. The van der Waals surface area contributed by atoms with Crippen molar-refractivity contribution in [3.63, 3.8) is 0 Å². The third-order valence-electron chi connectivity index (χ3n) is 2.84. The van der Waals surface area contributed by atoms with E-state index in [2.05, 4.69) is 18.3 Å². The molecular weight excluding hydrogens is 214 g/mol. The molecule has 90 valence electrons. The summed E-state index contributed by atoms with van der Waals surface area (Å²) in [5.74, 6) is -0.0314. The second kappa shape index (κ2) is 5.04. The minimum Gasteiger partial charge on any atom is -0.472 e. The second-order valence-electron chi connectivity index (χ2n) is 4.26. The third kappa shape index (κ3) is 2.49. The fraction of sp³-hybridized carbons (Fsp3) is 0.357.